The molecule has 4 rings (SSSR count). The fraction of sp³-hybridized carbons (Fsp3) is 0.417. The zero-order valence-corrected chi connectivity index (χ0v) is 29.2. The number of anilines is 3. The number of aliphatic hydroxyl groups is 1. The predicted molar refractivity (Wildman–Crippen MR) is 192 cm³/mol. The summed E-state index contributed by atoms with van der Waals surface area (Å²) in [6.45, 7) is 5.14. The second-order valence-electron chi connectivity index (χ2n) is 12.5. The van der Waals surface area contributed by atoms with Gasteiger partial charge in [0.25, 0.3) is 5.91 Å². The molecule has 0 radical (unpaired) electrons. The first-order valence-corrected chi connectivity index (χ1v) is 17.0. The molecule has 3 atom stereocenters. The number of carbonyl (C=O) groups is 3. The van der Waals surface area contributed by atoms with E-state index in [0.29, 0.717) is 83.7 Å². The minimum Gasteiger partial charge on any atom is -0.486 e. The van der Waals surface area contributed by atoms with Crippen LogP contribution in [0.4, 0.5) is 17.1 Å². The van der Waals surface area contributed by atoms with Crippen LogP contribution in [0.15, 0.2) is 60.7 Å². The highest BCUT2D eigenvalue weighted by atomic mass is 35.5. The summed E-state index contributed by atoms with van der Waals surface area (Å²) in [5.41, 5.74) is 8.72. The molecule has 0 aromatic heterocycles. The second-order valence-corrected chi connectivity index (χ2v) is 13.3. The van der Waals surface area contributed by atoms with Gasteiger partial charge in [-0.2, -0.15) is 0 Å². The van der Waals surface area contributed by atoms with E-state index in [1.165, 1.54) is 0 Å². The molecule has 10 nitrogen and oxygen atoms in total. The minimum atomic E-state index is -0.411. The van der Waals surface area contributed by atoms with Crippen molar-refractivity contribution in [2.24, 2.45) is 5.92 Å². The van der Waals surface area contributed by atoms with Crippen LogP contribution in [0.25, 0.3) is 0 Å². The van der Waals surface area contributed by atoms with Crippen LogP contribution in [-0.4, -0.2) is 71.5 Å². The lowest BCUT2D eigenvalue weighted by molar-refractivity contribution is -0.116. The van der Waals surface area contributed by atoms with Crippen LogP contribution < -0.4 is 21.1 Å². The Labute approximate surface area is 292 Å². The number of rotatable bonds is 14. The van der Waals surface area contributed by atoms with E-state index >= 15 is 0 Å². The highest BCUT2D eigenvalue weighted by molar-refractivity contribution is 6.42. The lowest BCUT2D eigenvalue weighted by Gasteiger charge is -2.38. The molecular formula is C36H45Cl2N5O5. The lowest BCUT2D eigenvalue weighted by atomic mass is 9.98. The van der Waals surface area contributed by atoms with E-state index in [9.17, 15) is 19.5 Å². The molecular weight excluding hydrogens is 653 g/mol. The molecule has 3 aromatic rings. The maximum absolute atomic E-state index is 13.8. The van der Waals surface area contributed by atoms with Crippen LogP contribution in [-0.2, 0) is 16.1 Å². The molecule has 48 heavy (non-hydrogen) atoms. The number of halogens is 2. The monoisotopic (exact) mass is 697 g/mol. The zero-order valence-electron chi connectivity index (χ0n) is 27.7. The molecule has 0 fully saturated rings. The van der Waals surface area contributed by atoms with Crippen LogP contribution in [0.5, 0.6) is 5.75 Å². The Morgan fingerprint density at radius 1 is 1.00 bits per heavy atom. The summed E-state index contributed by atoms with van der Waals surface area (Å²) in [6, 6.07) is 17.3. The topological polar surface area (TPSA) is 137 Å². The average molecular weight is 699 g/mol. The first kappa shape index (κ1) is 37.0. The number of nitrogens with one attached hydrogen (secondary N) is 2. The third-order valence-corrected chi connectivity index (χ3v) is 9.17. The molecule has 258 valence electrons. The fourth-order valence-electron chi connectivity index (χ4n) is 5.67. The minimum absolute atomic E-state index is 0.105. The van der Waals surface area contributed by atoms with Gasteiger partial charge in [-0.1, -0.05) is 60.8 Å². The van der Waals surface area contributed by atoms with Crippen molar-refractivity contribution < 1.29 is 24.2 Å². The van der Waals surface area contributed by atoms with Gasteiger partial charge in [0.1, 0.15) is 6.10 Å². The Balaban J connectivity index is 1.42. The predicted octanol–water partition coefficient (Wildman–Crippen LogP) is 6.46. The van der Waals surface area contributed by atoms with E-state index in [1.54, 1.807) is 47.4 Å². The summed E-state index contributed by atoms with van der Waals surface area (Å²) < 4.78 is 6.62. The molecule has 1 aliphatic rings. The number of para-hydroxylation sites is 3. The smallest absolute Gasteiger partial charge is 0.258 e. The number of hydrogen-bond acceptors (Lipinski definition) is 7. The van der Waals surface area contributed by atoms with Gasteiger partial charge in [0, 0.05) is 38.4 Å². The Hall–Kier alpha value is -3.83. The van der Waals surface area contributed by atoms with Gasteiger partial charge >= 0.3 is 0 Å². The van der Waals surface area contributed by atoms with Gasteiger partial charge < -0.3 is 31.1 Å². The quantitative estimate of drug-likeness (QED) is 0.112. The average Bonchev–Trinajstić information content (AvgIpc) is 3.05. The van der Waals surface area contributed by atoms with Crippen LogP contribution in [0, 0.1) is 5.92 Å². The van der Waals surface area contributed by atoms with Crippen molar-refractivity contribution in [3.63, 3.8) is 0 Å². The number of nitrogens with zero attached hydrogens (tertiary/aromatic N) is 2. The van der Waals surface area contributed by atoms with Gasteiger partial charge in [0.2, 0.25) is 11.8 Å². The maximum atomic E-state index is 13.8. The molecule has 0 saturated heterocycles. The van der Waals surface area contributed by atoms with Gasteiger partial charge in [-0.3, -0.25) is 19.3 Å². The van der Waals surface area contributed by atoms with Gasteiger partial charge in [-0.05, 0) is 68.8 Å². The maximum Gasteiger partial charge on any atom is 0.258 e. The molecule has 1 heterocycles. The van der Waals surface area contributed by atoms with E-state index in [1.807, 2.05) is 39.1 Å². The zero-order chi connectivity index (χ0) is 34.8. The van der Waals surface area contributed by atoms with Crippen molar-refractivity contribution in [1.29, 1.82) is 0 Å². The SMILES string of the molecule is C[C@H]1CN([C@@H](C)CO)C(=O)c2cccc(NC(=O)CCCCCC(=O)Nc3ccccc3N)c2O[C@H]1CN(C)Cc1ccc(Cl)c(Cl)c1. The number of hydrogen-bond donors (Lipinski definition) is 4. The lowest BCUT2D eigenvalue weighted by Crippen LogP contribution is -2.49. The van der Waals surface area contributed by atoms with Crippen LogP contribution in [0.3, 0.4) is 0 Å². The molecule has 0 aliphatic carbocycles. The summed E-state index contributed by atoms with van der Waals surface area (Å²) in [6.07, 6.45) is 2.10. The second kappa shape index (κ2) is 17.5. The molecule has 12 heteroatoms. The van der Waals surface area contributed by atoms with Gasteiger partial charge in [0.05, 0.1) is 45.3 Å². The van der Waals surface area contributed by atoms with Gasteiger partial charge in [-0.25, -0.2) is 0 Å². The van der Waals surface area contributed by atoms with Crippen molar-refractivity contribution in [2.45, 2.75) is 64.6 Å². The highest BCUT2D eigenvalue weighted by Crippen LogP contribution is 2.35. The van der Waals surface area contributed by atoms with E-state index in [-0.39, 0.29) is 42.8 Å². The number of carbonyl (C=O) groups excluding carboxylic acids is 3. The molecule has 1 aliphatic heterocycles. The summed E-state index contributed by atoms with van der Waals surface area (Å²) in [4.78, 5) is 43.0. The van der Waals surface area contributed by atoms with Gasteiger partial charge in [0.15, 0.2) is 5.75 Å². The summed E-state index contributed by atoms with van der Waals surface area (Å²) in [7, 11) is 1.98. The van der Waals surface area contributed by atoms with E-state index < -0.39 is 6.04 Å². The van der Waals surface area contributed by atoms with Crippen molar-refractivity contribution in [3.05, 3.63) is 81.8 Å². The normalized spacial score (nSPS) is 16.8. The third kappa shape index (κ3) is 10.1. The Morgan fingerprint density at radius 3 is 2.33 bits per heavy atom. The van der Waals surface area contributed by atoms with E-state index in [4.69, 9.17) is 33.7 Å². The van der Waals surface area contributed by atoms with Crippen LogP contribution in [0.2, 0.25) is 10.0 Å². The third-order valence-electron chi connectivity index (χ3n) is 8.44. The van der Waals surface area contributed by atoms with Crippen LogP contribution in [0.1, 0.15) is 61.9 Å². The van der Waals surface area contributed by atoms with E-state index in [0.717, 1.165) is 5.56 Å². The van der Waals surface area contributed by atoms with Crippen molar-refractivity contribution in [1.82, 2.24) is 9.80 Å². The molecule has 5 N–H and O–H groups in total. The van der Waals surface area contributed by atoms with Gasteiger partial charge in [-0.15, -0.1) is 0 Å². The molecule has 3 amide bonds. The number of nitrogens with two attached hydrogens (primary N) is 1. The Bertz CT molecular complexity index is 1590. The standard InChI is InChI=1S/C36H45Cl2N5O5/c1-23-19-43(24(2)22-44)36(47)26-10-9-13-31(35(26)48-32(23)21-42(3)20-25-16-17-27(37)28(38)18-25)41-34(46)15-6-4-5-14-33(45)40-30-12-8-7-11-29(30)39/h7-13,16-18,23-24,32,44H,4-6,14-15,19-22,39H2,1-3H3,(H,40,45)(H,41,46)/t23-,24-,32-/m0/s1. The van der Waals surface area contributed by atoms with Crippen LogP contribution >= 0.6 is 23.2 Å². The number of benzene rings is 3. The van der Waals surface area contributed by atoms with E-state index in [2.05, 4.69) is 15.5 Å². The molecule has 0 unspecified atom stereocenters. The summed E-state index contributed by atoms with van der Waals surface area (Å²) in [5.74, 6) is -0.412. The van der Waals surface area contributed by atoms with Crippen molar-refractivity contribution in [3.8, 4) is 5.75 Å². The first-order valence-electron chi connectivity index (χ1n) is 16.2. The fourth-order valence-corrected chi connectivity index (χ4v) is 5.99. The molecule has 0 bridgehead atoms. The largest absolute Gasteiger partial charge is 0.486 e. The molecule has 0 saturated carbocycles. The highest BCUT2D eigenvalue weighted by Gasteiger charge is 2.34. The van der Waals surface area contributed by atoms with Crippen molar-refractivity contribution in [2.75, 3.05) is 43.1 Å². The number of ether oxygens (including phenoxy) is 1. The first-order chi connectivity index (χ1) is 23.0. The molecule has 3 aromatic carbocycles. The summed E-state index contributed by atoms with van der Waals surface area (Å²) in [5, 5.41) is 16.7. The summed E-state index contributed by atoms with van der Waals surface area (Å²) >= 11 is 12.4. The number of aliphatic hydroxyl groups excluding tert-OH is 1. The number of fused-ring (bicyclic) bond motifs is 1. The molecule has 0 spiro atoms. The number of nitrogen functional groups attached to an aromatic ring is 1. The Morgan fingerprint density at radius 2 is 1.67 bits per heavy atom. The van der Waals surface area contributed by atoms with Crippen molar-refractivity contribution >= 4 is 58.0 Å². The number of likely N-dealkylation sites (N-methyl/N-ethyl adjacent to an activating group) is 1. The Kier molecular flexibility index (Phi) is 13.5. The number of unbranched alkanes of at least 4 members (excludes halogenated alkanes) is 2. The number of amides is 3.